The van der Waals surface area contributed by atoms with E-state index in [2.05, 4.69) is 6.92 Å². The number of hydrogen-bond acceptors (Lipinski definition) is 2. The Morgan fingerprint density at radius 3 is 2.60 bits per heavy atom. The molecule has 3 rings (SSSR count). The molecule has 0 spiro atoms. The summed E-state index contributed by atoms with van der Waals surface area (Å²) in [4.78, 5) is 26.1. The van der Waals surface area contributed by atoms with Gasteiger partial charge in [-0.15, -0.1) is 0 Å². The van der Waals surface area contributed by atoms with Crippen molar-refractivity contribution in [1.29, 1.82) is 0 Å². The minimum absolute atomic E-state index is 0.0775. The number of amides is 2. The number of hydrogen-bond donors (Lipinski definition) is 0. The Bertz CT molecular complexity index is 589. The second-order valence-electron chi connectivity index (χ2n) is 5.74. The lowest BCUT2D eigenvalue weighted by atomic mass is 9.76. The first kappa shape index (κ1) is 13.6. The average molecular weight is 296 g/mol. The fraction of sp³-hybridized carbons (Fsp3) is 0.467. The first-order valence-corrected chi connectivity index (χ1v) is 7.19. The molecule has 1 saturated carbocycles. The number of carbonyl (C=O) groups excluding carboxylic acids is 2. The predicted octanol–water partition coefficient (Wildman–Crippen LogP) is 3.40. The second-order valence-corrected chi connectivity index (χ2v) is 6.15. The number of fused-ring (bicyclic) bond motifs is 1. The Morgan fingerprint density at radius 1 is 1.20 bits per heavy atom. The van der Waals surface area contributed by atoms with Gasteiger partial charge in [-0.25, -0.2) is 4.39 Å². The van der Waals surface area contributed by atoms with Gasteiger partial charge >= 0.3 is 0 Å². The summed E-state index contributed by atoms with van der Waals surface area (Å²) in [5.74, 6) is -0.883. The van der Waals surface area contributed by atoms with E-state index < -0.39 is 5.82 Å². The van der Waals surface area contributed by atoms with E-state index >= 15 is 0 Å². The fourth-order valence-corrected chi connectivity index (χ4v) is 3.44. The van der Waals surface area contributed by atoms with Crippen molar-refractivity contribution in [2.24, 2.45) is 17.8 Å². The lowest BCUT2D eigenvalue weighted by molar-refractivity contribution is -0.122. The van der Waals surface area contributed by atoms with Gasteiger partial charge < -0.3 is 0 Å². The SMILES string of the molecule is C[C@H]1CC[C@@H]2C(=O)N(c3ccc(F)c(Cl)c3)C(=O)[C@@H]2C1. The summed E-state index contributed by atoms with van der Waals surface area (Å²) in [5.41, 5.74) is 0.369. The smallest absolute Gasteiger partial charge is 0.237 e. The summed E-state index contributed by atoms with van der Waals surface area (Å²) in [7, 11) is 0. The number of imide groups is 1. The van der Waals surface area contributed by atoms with Crippen LogP contribution in [0.1, 0.15) is 26.2 Å². The molecule has 106 valence electrons. The van der Waals surface area contributed by atoms with E-state index in [1.165, 1.54) is 23.1 Å². The Hall–Kier alpha value is -1.42. The summed E-state index contributed by atoms with van der Waals surface area (Å²) in [6.07, 6.45) is 2.47. The van der Waals surface area contributed by atoms with Crippen LogP contribution in [-0.4, -0.2) is 11.8 Å². The van der Waals surface area contributed by atoms with Crippen molar-refractivity contribution >= 4 is 29.1 Å². The van der Waals surface area contributed by atoms with E-state index in [0.717, 1.165) is 19.3 Å². The molecule has 1 heterocycles. The van der Waals surface area contributed by atoms with Crippen LogP contribution in [0.3, 0.4) is 0 Å². The van der Waals surface area contributed by atoms with Crippen LogP contribution >= 0.6 is 11.6 Å². The Kier molecular flexibility index (Phi) is 3.28. The zero-order valence-corrected chi connectivity index (χ0v) is 11.9. The van der Waals surface area contributed by atoms with Gasteiger partial charge in [0.15, 0.2) is 0 Å². The number of rotatable bonds is 1. The molecule has 0 unspecified atom stereocenters. The van der Waals surface area contributed by atoms with Crippen LogP contribution in [0.4, 0.5) is 10.1 Å². The molecule has 0 bridgehead atoms. The summed E-state index contributed by atoms with van der Waals surface area (Å²) < 4.78 is 13.2. The maximum atomic E-state index is 13.2. The highest BCUT2D eigenvalue weighted by atomic mass is 35.5. The molecule has 3 nitrogen and oxygen atoms in total. The minimum Gasteiger partial charge on any atom is -0.274 e. The molecule has 3 atom stereocenters. The van der Waals surface area contributed by atoms with Crippen molar-refractivity contribution in [1.82, 2.24) is 0 Å². The van der Waals surface area contributed by atoms with Gasteiger partial charge in [0.2, 0.25) is 11.8 Å². The van der Waals surface area contributed by atoms with Crippen LogP contribution in [0.15, 0.2) is 18.2 Å². The second kappa shape index (κ2) is 4.85. The van der Waals surface area contributed by atoms with Crippen LogP contribution in [0.2, 0.25) is 5.02 Å². The largest absolute Gasteiger partial charge is 0.274 e. The fourth-order valence-electron chi connectivity index (χ4n) is 3.27. The van der Waals surface area contributed by atoms with Crippen LogP contribution < -0.4 is 4.90 Å². The lowest BCUT2D eigenvalue weighted by Crippen LogP contribution is -2.30. The van der Waals surface area contributed by atoms with Crippen LogP contribution in [0, 0.1) is 23.6 Å². The van der Waals surface area contributed by atoms with E-state index in [1.54, 1.807) is 0 Å². The quantitative estimate of drug-likeness (QED) is 0.745. The van der Waals surface area contributed by atoms with E-state index in [9.17, 15) is 14.0 Å². The number of benzene rings is 1. The van der Waals surface area contributed by atoms with Gasteiger partial charge in [0.05, 0.1) is 22.5 Å². The first-order valence-electron chi connectivity index (χ1n) is 6.82. The van der Waals surface area contributed by atoms with Crippen molar-refractivity contribution < 1.29 is 14.0 Å². The standard InChI is InChI=1S/C15H15ClFNO2/c1-8-2-4-10-11(6-8)15(20)18(14(10)19)9-3-5-13(17)12(16)7-9/h3,5,7-8,10-11H,2,4,6H2,1H3/t8-,10-,11+/m0/s1. The molecule has 2 aliphatic rings. The molecular weight excluding hydrogens is 281 g/mol. The molecule has 0 N–H and O–H groups in total. The highest BCUT2D eigenvalue weighted by Gasteiger charge is 2.49. The summed E-state index contributed by atoms with van der Waals surface area (Å²) >= 11 is 5.74. The first-order chi connectivity index (χ1) is 9.49. The van der Waals surface area contributed by atoms with Gasteiger partial charge in [0, 0.05) is 0 Å². The van der Waals surface area contributed by atoms with E-state index in [4.69, 9.17) is 11.6 Å². The molecule has 5 heteroatoms. The molecule has 20 heavy (non-hydrogen) atoms. The molecule has 0 aromatic heterocycles. The van der Waals surface area contributed by atoms with Crippen molar-refractivity contribution in [3.63, 3.8) is 0 Å². The van der Waals surface area contributed by atoms with Gasteiger partial charge in [-0.05, 0) is 43.4 Å². The molecule has 1 aromatic rings. The van der Waals surface area contributed by atoms with Crippen molar-refractivity contribution in [2.45, 2.75) is 26.2 Å². The number of carbonyl (C=O) groups is 2. The molecule has 1 aromatic carbocycles. The molecule has 2 amide bonds. The number of halogens is 2. The van der Waals surface area contributed by atoms with E-state index in [1.807, 2.05) is 0 Å². The molecule has 2 fully saturated rings. The summed E-state index contributed by atoms with van der Waals surface area (Å²) in [6.45, 7) is 2.10. The summed E-state index contributed by atoms with van der Waals surface area (Å²) in [6, 6.07) is 3.95. The van der Waals surface area contributed by atoms with Crippen molar-refractivity contribution in [3.05, 3.63) is 29.0 Å². The molecule has 1 aliphatic heterocycles. The Labute approximate surface area is 121 Å². The van der Waals surface area contributed by atoms with Crippen molar-refractivity contribution in [2.75, 3.05) is 4.90 Å². The van der Waals surface area contributed by atoms with Crippen LogP contribution in [0.25, 0.3) is 0 Å². The normalized spacial score (nSPS) is 29.8. The Morgan fingerprint density at radius 2 is 1.90 bits per heavy atom. The summed E-state index contributed by atoms with van der Waals surface area (Å²) in [5, 5.41) is -0.0775. The number of anilines is 1. The highest BCUT2D eigenvalue weighted by Crippen LogP contribution is 2.42. The van der Waals surface area contributed by atoms with Gasteiger partial charge in [-0.1, -0.05) is 18.5 Å². The molecule has 1 aliphatic carbocycles. The Balaban J connectivity index is 1.96. The molecular formula is C15H15ClFNO2. The van der Waals surface area contributed by atoms with E-state index in [0.29, 0.717) is 11.6 Å². The molecule has 0 radical (unpaired) electrons. The third-order valence-electron chi connectivity index (χ3n) is 4.35. The maximum Gasteiger partial charge on any atom is 0.237 e. The topological polar surface area (TPSA) is 37.4 Å². The van der Waals surface area contributed by atoms with Gasteiger partial charge in [0.1, 0.15) is 5.82 Å². The van der Waals surface area contributed by atoms with Gasteiger partial charge in [0.25, 0.3) is 0 Å². The zero-order chi connectivity index (χ0) is 14.4. The van der Waals surface area contributed by atoms with E-state index in [-0.39, 0.29) is 28.7 Å². The molecule has 1 saturated heterocycles. The monoisotopic (exact) mass is 295 g/mol. The minimum atomic E-state index is -0.555. The lowest BCUT2D eigenvalue weighted by Gasteiger charge is -2.25. The predicted molar refractivity (Wildman–Crippen MR) is 73.9 cm³/mol. The average Bonchev–Trinajstić information content (AvgIpc) is 2.65. The zero-order valence-electron chi connectivity index (χ0n) is 11.1. The number of nitrogens with zero attached hydrogens (tertiary/aromatic N) is 1. The van der Waals surface area contributed by atoms with Gasteiger partial charge in [-0.2, -0.15) is 0 Å². The maximum absolute atomic E-state index is 13.2. The van der Waals surface area contributed by atoms with Gasteiger partial charge in [-0.3, -0.25) is 14.5 Å². The van der Waals surface area contributed by atoms with Crippen LogP contribution in [-0.2, 0) is 9.59 Å². The third-order valence-corrected chi connectivity index (χ3v) is 4.64. The third kappa shape index (κ3) is 2.03. The van der Waals surface area contributed by atoms with Crippen molar-refractivity contribution in [3.8, 4) is 0 Å². The highest BCUT2D eigenvalue weighted by molar-refractivity contribution is 6.31. The van der Waals surface area contributed by atoms with Crippen LogP contribution in [0.5, 0.6) is 0 Å².